The molecule has 15 nitrogen and oxygen atoms in total. The zero-order valence-electron chi connectivity index (χ0n) is 19.9. The van der Waals surface area contributed by atoms with Crippen molar-refractivity contribution in [3.05, 3.63) is 40.9 Å². The molecule has 0 saturated carbocycles. The van der Waals surface area contributed by atoms with Crippen LogP contribution in [0.5, 0.6) is 5.75 Å². The van der Waals surface area contributed by atoms with E-state index in [0.717, 1.165) is 11.3 Å². The molecule has 200 valence electrons. The maximum absolute atomic E-state index is 13.0. The molecule has 2 heterocycles. The van der Waals surface area contributed by atoms with Gasteiger partial charge in [0, 0.05) is 10.9 Å². The maximum atomic E-state index is 13.0. The van der Waals surface area contributed by atoms with Gasteiger partial charge in [0.05, 0.1) is 6.04 Å². The molecule has 2 atom stereocenters. The van der Waals surface area contributed by atoms with E-state index in [1.54, 1.807) is 38.1 Å². The molecule has 1 saturated heterocycles. The Balaban J connectivity index is 1.70. The van der Waals surface area contributed by atoms with Crippen LogP contribution >= 0.6 is 11.3 Å². The Bertz CT molecular complexity index is 1320. The van der Waals surface area contributed by atoms with Crippen LogP contribution in [0.3, 0.4) is 0 Å². The predicted octanol–water partition coefficient (Wildman–Crippen LogP) is 0.0376. The number of nitrogens with two attached hydrogens (primary N) is 2. The first-order chi connectivity index (χ1) is 17.2. The van der Waals surface area contributed by atoms with Gasteiger partial charge in [-0.15, -0.1) is 15.6 Å². The number of carbonyl (C=O) groups excluding carboxylic acids is 2. The molecular formula is C20H25N7O8S2. The van der Waals surface area contributed by atoms with Crippen molar-refractivity contribution in [3.8, 4) is 5.75 Å². The van der Waals surface area contributed by atoms with Crippen molar-refractivity contribution in [2.75, 3.05) is 12.3 Å². The molecule has 2 amide bonds. The van der Waals surface area contributed by atoms with Gasteiger partial charge in [-0.25, -0.2) is 4.98 Å². The first-order valence-electron chi connectivity index (χ1n) is 10.5. The van der Waals surface area contributed by atoms with Crippen molar-refractivity contribution < 1.29 is 36.4 Å². The average molecular weight is 556 g/mol. The summed E-state index contributed by atoms with van der Waals surface area (Å²) in [7, 11) is -4.92. The van der Waals surface area contributed by atoms with Crippen LogP contribution in [0.25, 0.3) is 0 Å². The van der Waals surface area contributed by atoms with Crippen LogP contribution in [0.4, 0.5) is 5.13 Å². The summed E-state index contributed by atoms with van der Waals surface area (Å²) in [5.74, 6) is -1.33. The van der Waals surface area contributed by atoms with Gasteiger partial charge in [-0.05, 0) is 45.0 Å². The number of oxime groups is 1. The summed E-state index contributed by atoms with van der Waals surface area (Å²) < 4.78 is 40.4. The molecule has 0 bridgehead atoms. The van der Waals surface area contributed by atoms with E-state index in [1.807, 2.05) is 0 Å². The summed E-state index contributed by atoms with van der Waals surface area (Å²) in [5.41, 5.74) is 10.4. The number of nitrogens with one attached hydrogen (secondary N) is 2. The molecule has 1 aliphatic heterocycles. The van der Waals surface area contributed by atoms with Crippen molar-refractivity contribution >= 4 is 50.2 Å². The largest absolute Gasteiger partial charge is 0.489 e. The highest BCUT2D eigenvalue weighted by Crippen LogP contribution is 2.22. The first-order valence-corrected chi connectivity index (χ1v) is 12.8. The van der Waals surface area contributed by atoms with Gasteiger partial charge >= 0.3 is 10.4 Å². The van der Waals surface area contributed by atoms with E-state index in [9.17, 15) is 18.0 Å². The molecule has 1 aliphatic rings. The average Bonchev–Trinajstić information content (AvgIpc) is 3.25. The van der Waals surface area contributed by atoms with Crippen LogP contribution < -0.4 is 21.5 Å². The Morgan fingerprint density at radius 3 is 2.51 bits per heavy atom. The summed E-state index contributed by atoms with van der Waals surface area (Å²) in [6, 6.07) is 4.45. The Morgan fingerprint density at radius 2 is 2.00 bits per heavy atom. The number of hydrogen-bond acceptors (Lipinski definition) is 12. The van der Waals surface area contributed by atoms with Gasteiger partial charge < -0.3 is 26.4 Å². The molecule has 1 aromatic heterocycles. The van der Waals surface area contributed by atoms with Crippen molar-refractivity contribution in [3.63, 3.8) is 0 Å². The van der Waals surface area contributed by atoms with Crippen molar-refractivity contribution in [2.24, 2.45) is 10.9 Å². The number of ether oxygens (including phenoxy) is 1. The van der Waals surface area contributed by atoms with Crippen LogP contribution in [0.2, 0.25) is 0 Å². The maximum Gasteiger partial charge on any atom is 0.418 e. The van der Waals surface area contributed by atoms with Crippen molar-refractivity contribution in [2.45, 2.75) is 38.5 Å². The smallest absolute Gasteiger partial charge is 0.418 e. The lowest BCUT2D eigenvalue weighted by atomic mass is 10.00. The number of thiazole rings is 1. The highest BCUT2D eigenvalue weighted by molar-refractivity contribution is 7.80. The number of nitrogens with zero attached hydrogens (tertiary/aromatic N) is 3. The number of rotatable bonds is 11. The first kappa shape index (κ1) is 27.8. The quantitative estimate of drug-likeness (QED) is 0.0816. The zero-order chi connectivity index (χ0) is 27.5. The van der Waals surface area contributed by atoms with E-state index in [2.05, 4.69) is 19.7 Å². The lowest BCUT2D eigenvalue weighted by Gasteiger charge is -2.42. The Morgan fingerprint density at radius 1 is 1.35 bits per heavy atom. The number of nitrogen functional groups attached to an aromatic ring is 2. The molecule has 37 heavy (non-hydrogen) atoms. The summed E-state index contributed by atoms with van der Waals surface area (Å²) >= 11 is 1.05. The number of amides is 2. The second-order valence-electron chi connectivity index (χ2n) is 8.45. The number of hydrogen-bond donors (Lipinski definition) is 5. The Labute approximate surface area is 215 Å². The third kappa shape index (κ3) is 7.13. The zero-order valence-corrected chi connectivity index (χ0v) is 21.5. The molecule has 17 heteroatoms. The molecule has 0 spiro atoms. The topological polar surface area (TPSA) is 233 Å². The third-order valence-corrected chi connectivity index (χ3v) is 5.93. The second-order valence-corrected chi connectivity index (χ2v) is 10.3. The summed E-state index contributed by atoms with van der Waals surface area (Å²) in [6.07, 6.45) is 0. The molecule has 1 fully saturated rings. The van der Waals surface area contributed by atoms with Crippen LogP contribution in [-0.2, 0) is 29.1 Å². The number of amidine groups is 1. The number of aromatic nitrogens is 1. The standard InChI is InChI=1S/C20H25N7O8S2/c1-10-14(18(29)27(10)35-37(30,31)32)25-17(28)15(13-8-36-19(23)24-13)26-34-20(2,3)9-33-12-6-4-11(5-7-12)16(21)22/h4-8,10,14H,9H2,1-3H3,(H3,21,22)(H2,23,24)(H,25,28)(H,30,31,32)/b26-15-/t10-,14-/m0/s1. The van der Waals surface area contributed by atoms with Gasteiger partial charge in [-0.3, -0.25) is 19.6 Å². The normalized spacial score (nSPS) is 18.2. The Kier molecular flexibility index (Phi) is 8.01. The van der Waals surface area contributed by atoms with E-state index in [-0.39, 0.29) is 29.0 Å². The third-order valence-electron chi connectivity index (χ3n) is 4.91. The highest BCUT2D eigenvalue weighted by Gasteiger charge is 2.49. The lowest BCUT2D eigenvalue weighted by molar-refractivity contribution is -0.196. The second kappa shape index (κ2) is 10.7. The minimum Gasteiger partial charge on any atom is -0.489 e. The summed E-state index contributed by atoms with van der Waals surface area (Å²) in [6.45, 7) is 4.74. The number of hydroxylamine groups is 2. The fourth-order valence-corrected chi connectivity index (χ4v) is 3.94. The van der Waals surface area contributed by atoms with Crippen LogP contribution in [0.1, 0.15) is 32.0 Å². The lowest BCUT2D eigenvalue weighted by Crippen LogP contribution is -2.70. The fraction of sp³-hybridized carbons (Fsp3) is 0.350. The Hall–Kier alpha value is -3.80. The monoisotopic (exact) mass is 555 g/mol. The van der Waals surface area contributed by atoms with Gasteiger partial charge in [0.2, 0.25) is 0 Å². The number of carbonyl (C=O) groups is 2. The van der Waals surface area contributed by atoms with E-state index in [4.69, 9.17) is 31.0 Å². The molecule has 0 aliphatic carbocycles. The van der Waals surface area contributed by atoms with Crippen molar-refractivity contribution in [1.82, 2.24) is 15.4 Å². The van der Waals surface area contributed by atoms with E-state index < -0.39 is 39.9 Å². The number of anilines is 1. The van der Waals surface area contributed by atoms with Gasteiger partial charge in [0.25, 0.3) is 11.8 Å². The van der Waals surface area contributed by atoms with Gasteiger partial charge in [0.15, 0.2) is 16.4 Å². The number of benzene rings is 1. The fourth-order valence-electron chi connectivity index (χ4n) is 2.98. The van der Waals surface area contributed by atoms with Gasteiger partial charge in [-0.1, -0.05) is 5.16 Å². The molecule has 3 rings (SSSR count). The molecule has 0 radical (unpaired) electrons. The predicted molar refractivity (Wildman–Crippen MR) is 132 cm³/mol. The van der Waals surface area contributed by atoms with E-state index in [1.165, 1.54) is 12.3 Å². The van der Waals surface area contributed by atoms with Crippen molar-refractivity contribution in [1.29, 1.82) is 5.41 Å². The minimum atomic E-state index is -4.92. The van der Waals surface area contributed by atoms with Crippen LogP contribution in [0, 0.1) is 5.41 Å². The molecular weight excluding hydrogens is 530 g/mol. The summed E-state index contributed by atoms with van der Waals surface area (Å²) in [4.78, 5) is 34.8. The SMILES string of the molecule is C[C@H]1[C@H](NC(=O)/C(=N\OC(C)(C)COc2ccc(C(=N)N)cc2)c2csc(N)n2)C(=O)N1OS(=O)(=O)O. The highest BCUT2D eigenvalue weighted by atomic mass is 32.3. The molecule has 0 unspecified atom stereocenters. The van der Waals surface area contributed by atoms with Gasteiger partial charge in [0.1, 0.15) is 29.9 Å². The van der Waals surface area contributed by atoms with E-state index >= 15 is 0 Å². The molecule has 7 N–H and O–H groups in total. The molecule has 1 aromatic carbocycles. The molecule has 2 aromatic rings. The van der Waals surface area contributed by atoms with Crippen LogP contribution in [0.15, 0.2) is 34.8 Å². The van der Waals surface area contributed by atoms with Crippen LogP contribution in [-0.4, -0.2) is 70.7 Å². The number of β-lactam (4-membered cyclic amide) rings is 1. The minimum absolute atomic E-state index is 0.0180. The van der Waals surface area contributed by atoms with E-state index in [0.29, 0.717) is 16.4 Å². The van der Waals surface area contributed by atoms with Gasteiger partial charge in [-0.2, -0.15) is 13.5 Å². The summed E-state index contributed by atoms with van der Waals surface area (Å²) in [5, 5.41) is 15.8.